The van der Waals surface area contributed by atoms with E-state index in [4.69, 9.17) is 24.8 Å². The Kier molecular flexibility index (Phi) is 9.08. The molecule has 218 valence electrons. The minimum atomic E-state index is -1.82. The molecule has 0 bridgehead atoms. The van der Waals surface area contributed by atoms with Crippen molar-refractivity contribution in [3.05, 3.63) is 83.9 Å². The summed E-state index contributed by atoms with van der Waals surface area (Å²) in [6.07, 6.45) is 7.05. The van der Waals surface area contributed by atoms with E-state index in [9.17, 15) is 0 Å². The van der Waals surface area contributed by atoms with Gasteiger partial charge in [0.05, 0.1) is 28.3 Å². The van der Waals surface area contributed by atoms with E-state index in [0.29, 0.717) is 5.92 Å². The zero-order valence-corrected chi connectivity index (χ0v) is 23.5. The SMILES string of the molecule is Cc1ccc(Cn2c(CC3CCN(CCNc4nc5ccncc5[nH]4)CC3)nc3ccccc32)cc1.O=C(O)C(=O)O. The Morgan fingerprint density at radius 1 is 0.976 bits per heavy atom. The van der Waals surface area contributed by atoms with Crippen LogP contribution in [0, 0.1) is 12.8 Å². The summed E-state index contributed by atoms with van der Waals surface area (Å²) in [6, 6.07) is 19.3. The molecule has 5 aromatic rings. The van der Waals surface area contributed by atoms with Crippen LogP contribution in [0.2, 0.25) is 0 Å². The minimum Gasteiger partial charge on any atom is -0.473 e. The van der Waals surface area contributed by atoms with E-state index in [1.165, 1.54) is 35.3 Å². The molecular formula is C31H35N7O4. The second kappa shape index (κ2) is 13.3. The van der Waals surface area contributed by atoms with Crippen LogP contribution in [-0.4, -0.2) is 77.7 Å². The lowest BCUT2D eigenvalue weighted by Gasteiger charge is -2.31. The number of hydrogen-bond acceptors (Lipinski definition) is 7. The van der Waals surface area contributed by atoms with Crippen LogP contribution >= 0.6 is 0 Å². The first-order valence-corrected chi connectivity index (χ1v) is 14.1. The molecule has 3 aromatic heterocycles. The summed E-state index contributed by atoms with van der Waals surface area (Å²) >= 11 is 0. The predicted octanol–water partition coefficient (Wildman–Crippen LogP) is 4.19. The first-order valence-electron chi connectivity index (χ1n) is 14.1. The van der Waals surface area contributed by atoms with Crippen molar-refractivity contribution in [2.45, 2.75) is 32.7 Å². The molecule has 42 heavy (non-hydrogen) atoms. The highest BCUT2D eigenvalue weighted by atomic mass is 16.4. The average Bonchev–Trinajstić information content (AvgIpc) is 3.56. The van der Waals surface area contributed by atoms with Gasteiger partial charge in [0, 0.05) is 32.3 Å². The first-order chi connectivity index (χ1) is 20.4. The van der Waals surface area contributed by atoms with Gasteiger partial charge in [-0.25, -0.2) is 19.6 Å². The third kappa shape index (κ3) is 7.29. The van der Waals surface area contributed by atoms with Crippen molar-refractivity contribution >= 4 is 40.0 Å². The number of carboxylic acid groups (broad SMARTS) is 2. The Balaban J connectivity index is 0.000000535. The number of carboxylic acids is 2. The van der Waals surface area contributed by atoms with Gasteiger partial charge in [-0.1, -0.05) is 42.0 Å². The Labute approximate surface area is 243 Å². The molecule has 0 spiro atoms. The van der Waals surface area contributed by atoms with Gasteiger partial charge >= 0.3 is 11.9 Å². The summed E-state index contributed by atoms with van der Waals surface area (Å²) in [6.45, 7) is 7.18. The van der Waals surface area contributed by atoms with Crippen molar-refractivity contribution in [3.63, 3.8) is 0 Å². The zero-order valence-electron chi connectivity index (χ0n) is 23.5. The fraction of sp³-hybridized carbons (Fsp3) is 0.323. The molecule has 4 N–H and O–H groups in total. The second-order valence-corrected chi connectivity index (χ2v) is 10.6. The summed E-state index contributed by atoms with van der Waals surface area (Å²) < 4.78 is 2.43. The number of imidazole rings is 2. The van der Waals surface area contributed by atoms with Crippen molar-refractivity contribution in [3.8, 4) is 0 Å². The van der Waals surface area contributed by atoms with Gasteiger partial charge in [0.1, 0.15) is 5.82 Å². The molecule has 0 amide bonds. The molecule has 1 aliphatic heterocycles. The minimum absolute atomic E-state index is 0.672. The molecule has 4 heterocycles. The number of anilines is 1. The summed E-state index contributed by atoms with van der Waals surface area (Å²) in [5, 5.41) is 18.2. The average molecular weight is 570 g/mol. The Hall–Kier alpha value is -4.77. The molecule has 1 fully saturated rings. The van der Waals surface area contributed by atoms with Crippen molar-refractivity contribution in [1.29, 1.82) is 0 Å². The van der Waals surface area contributed by atoms with Crippen LogP contribution in [0.15, 0.2) is 67.0 Å². The number of likely N-dealkylation sites (tertiary alicyclic amines) is 1. The number of para-hydroxylation sites is 2. The van der Waals surface area contributed by atoms with Crippen molar-refractivity contribution in [1.82, 2.24) is 29.4 Å². The molecule has 11 heteroatoms. The van der Waals surface area contributed by atoms with Crippen LogP contribution in [-0.2, 0) is 22.6 Å². The van der Waals surface area contributed by atoms with Crippen LogP contribution in [0.1, 0.15) is 29.8 Å². The van der Waals surface area contributed by atoms with E-state index in [0.717, 1.165) is 61.6 Å². The number of hydrogen-bond donors (Lipinski definition) is 4. The number of fused-ring (bicyclic) bond motifs is 2. The van der Waals surface area contributed by atoms with Gasteiger partial charge in [-0.05, 0) is 62.5 Å². The number of aromatic nitrogens is 5. The maximum Gasteiger partial charge on any atom is 0.414 e. The van der Waals surface area contributed by atoms with Crippen molar-refractivity contribution in [2.75, 3.05) is 31.5 Å². The number of pyridine rings is 1. The van der Waals surface area contributed by atoms with Crippen molar-refractivity contribution < 1.29 is 19.8 Å². The molecule has 1 aliphatic rings. The molecule has 0 saturated carbocycles. The fourth-order valence-corrected chi connectivity index (χ4v) is 5.28. The summed E-state index contributed by atoms with van der Waals surface area (Å²) in [7, 11) is 0. The lowest BCUT2D eigenvalue weighted by atomic mass is 9.93. The van der Waals surface area contributed by atoms with Crippen LogP contribution in [0.4, 0.5) is 5.95 Å². The number of piperidine rings is 1. The van der Waals surface area contributed by atoms with Gasteiger partial charge in [0.2, 0.25) is 5.95 Å². The third-order valence-electron chi connectivity index (χ3n) is 7.56. The predicted molar refractivity (Wildman–Crippen MR) is 161 cm³/mol. The smallest absolute Gasteiger partial charge is 0.414 e. The number of aliphatic carboxylic acids is 2. The Bertz CT molecular complexity index is 1610. The number of benzene rings is 2. The van der Waals surface area contributed by atoms with E-state index in [1.54, 1.807) is 6.20 Å². The lowest BCUT2D eigenvalue weighted by Crippen LogP contribution is -2.37. The van der Waals surface area contributed by atoms with Gasteiger partial charge < -0.3 is 30.0 Å². The molecule has 11 nitrogen and oxygen atoms in total. The van der Waals surface area contributed by atoms with Crippen LogP contribution in [0.5, 0.6) is 0 Å². The maximum absolute atomic E-state index is 9.10. The molecule has 0 radical (unpaired) electrons. The van der Waals surface area contributed by atoms with Crippen LogP contribution < -0.4 is 5.32 Å². The van der Waals surface area contributed by atoms with E-state index in [1.807, 2.05) is 12.3 Å². The highest BCUT2D eigenvalue weighted by molar-refractivity contribution is 6.27. The number of nitrogens with zero attached hydrogens (tertiary/aromatic N) is 5. The normalized spacial score (nSPS) is 14.0. The quantitative estimate of drug-likeness (QED) is 0.202. The van der Waals surface area contributed by atoms with Gasteiger partial charge in [-0.2, -0.15) is 0 Å². The molecule has 2 aromatic carbocycles. The molecular weight excluding hydrogens is 534 g/mol. The third-order valence-corrected chi connectivity index (χ3v) is 7.56. The monoisotopic (exact) mass is 569 g/mol. The van der Waals surface area contributed by atoms with E-state index in [-0.39, 0.29) is 0 Å². The number of carbonyl (C=O) groups is 2. The summed E-state index contributed by atoms with van der Waals surface area (Å²) in [5.41, 5.74) is 6.87. The highest BCUT2D eigenvalue weighted by Crippen LogP contribution is 2.25. The highest BCUT2D eigenvalue weighted by Gasteiger charge is 2.22. The molecule has 0 atom stereocenters. The fourth-order valence-electron chi connectivity index (χ4n) is 5.28. The van der Waals surface area contributed by atoms with Crippen LogP contribution in [0.25, 0.3) is 22.1 Å². The Morgan fingerprint density at radius 3 is 2.43 bits per heavy atom. The Morgan fingerprint density at radius 2 is 1.71 bits per heavy atom. The summed E-state index contributed by atoms with van der Waals surface area (Å²) in [5.74, 6) is -0.938. The zero-order chi connectivity index (χ0) is 29.5. The lowest BCUT2D eigenvalue weighted by molar-refractivity contribution is -0.159. The maximum atomic E-state index is 9.10. The van der Waals surface area contributed by atoms with E-state index >= 15 is 0 Å². The molecule has 0 unspecified atom stereocenters. The summed E-state index contributed by atoms with van der Waals surface area (Å²) in [4.78, 5) is 37.8. The second-order valence-electron chi connectivity index (χ2n) is 10.6. The number of nitrogens with one attached hydrogen (secondary N) is 2. The number of rotatable bonds is 8. The van der Waals surface area contributed by atoms with E-state index < -0.39 is 11.9 Å². The van der Waals surface area contributed by atoms with E-state index in [2.05, 4.69) is 85.2 Å². The largest absolute Gasteiger partial charge is 0.473 e. The molecule has 1 saturated heterocycles. The number of H-pyrrole nitrogens is 1. The van der Waals surface area contributed by atoms with Gasteiger partial charge in [0.15, 0.2) is 0 Å². The standard InChI is InChI=1S/C29H33N7.C2H2O4/c1-21-6-8-23(9-7-21)20-36-27-5-3-2-4-25(27)32-28(36)18-22-11-15-35(16-12-22)17-14-31-29-33-24-10-13-30-19-26(24)34-29;3-1(4)2(5)6/h2-10,13,19,22H,11-12,14-18,20H2,1H3,(H2,31,33,34);(H,3,4)(H,5,6). The molecule has 6 rings (SSSR count). The topological polar surface area (TPSA) is 149 Å². The molecule has 0 aliphatic carbocycles. The van der Waals surface area contributed by atoms with Gasteiger partial charge in [-0.3, -0.25) is 4.98 Å². The van der Waals surface area contributed by atoms with Gasteiger partial charge in [-0.15, -0.1) is 0 Å². The number of aromatic amines is 1. The van der Waals surface area contributed by atoms with Crippen molar-refractivity contribution in [2.24, 2.45) is 5.92 Å². The number of aryl methyl sites for hydroxylation is 1. The van der Waals surface area contributed by atoms with Crippen LogP contribution in [0.3, 0.4) is 0 Å². The van der Waals surface area contributed by atoms with Gasteiger partial charge in [0.25, 0.3) is 0 Å². The first kappa shape index (κ1) is 28.7.